The van der Waals surface area contributed by atoms with Crippen molar-refractivity contribution in [2.75, 3.05) is 13.1 Å². The minimum atomic E-state index is -0.672. The van der Waals surface area contributed by atoms with E-state index in [1.54, 1.807) is 6.92 Å². The highest BCUT2D eigenvalue weighted by Crippen LogP contribution is 2.35. The molecule has 2 aliphatic rings. The normalized spacial score (nSPS) is 20.5. The van der Waals surface area contributed by atoms with Crippen LogP contribution in [-0.2, 0) is 25.7 Å². The van der Waals surface area contributed by atoms with Gasteiger partial charge in [0.05, 0.1) is 11.8 Å². The fourth-order valence-electron chi connectivity index (χ4n) is 4.35. The number of halogens is 1. The quantitative estimate of drug-likeness (QED) is 0.292. The van der Waals surface area contributed by atoms with E-state index in [4.69, 9.17) is 0 Å². The van der Waals surface area contributed by atoms with Crippen LogP contribution < -0.4 is 5.32 Å². The van der Waals surface area contributed by atoms with Crippen LogP contribution in [0.25, 0.3) is 0 Å². The van der Waals surface area contributed by atoms with Crippen LogP contribution in [0.3, 0.4) is 0 Å². The molecule has 0 bridgehead atoms. The molecule has 3 atom stereocenters. The fraction of sp³-hybridized carbons (Fsp3) is 0.520. The monoisotopic (exact) mass is 517 g/mol. The van der Waals surface area contributed by atoms with E-state index in [0.717, 1.165) is 22.9 Å². The summed E-state index contributed by atoms with van der Waals surface area (Å²) < 4.78 is 0.927. The van der Waals surface area contributed by atoms with Crippen LogP contribution in [0.15, 0.2) is 40.9 Å². The van der Waals surface area contributed by atoms with Crippen LogP contribution in [0.2, 0.25) is 0 Å². The number of hydrogen-bond donors (Lipinski definition) is 1. The van der Waals surface area contributed by atoms with Gasteiger partial charge in [0.1, 0.15) is 6.04 Å². The first kappa shape index (κ1) is 25.1. The standard InChI is InChI=1S/C25H32BrN3O4/c1-3-4-14-27-23(31)17(2)29(16-18-9-11-19(26)12-10-18)22(30)13-15-28-24(32)20-7-5-6-8-21(20)25(28)33/h5-6,9-12,17,20-21H,3-4,7-8,13-16H2,1-2H3,(H,27,31)/t17-,20-,21+/m0/s1. The van der Waals surface area contributed by atoms with Gasteiger partial charge in [0.25, 0.3) is 0 Å². The lowest BCUT2D eigenvalue weighted by atomic mass is 9.85. The van der Waals surface area contributed by atoms with Crippen molar-refractivity contribution in [3.63, 3.8) is 0 Å². The Morgan fingerprint density at radius 2 is 1.73 bits per heavy atom. The van der Waals surface area contributed by atoms with Crippen LogP contribution in [0.1, 0.15) is 51.5 Å². The molecule has 0 aromatic heterocycles. The molecule has 1 aromatic carbocycles. The Kier molecular flexibility index (Phi) is 8.83. The van der Waals surface area contributed by atoms with Crippen LogP contribution in [0.4, 0.5) is 0 Å². The van der Waals surface area contributed by atoms with Gasteiger partial charge in [0.15, 0.2) is 0 Å². The zero-order chi connectivity index (χ0) is 24.0. The number of imide groups is 1. The fourth-order valence-corrected chi connectivity index (χ4v) is 4.61. The van der Waals surface area contributed by atoms with Gasteiger partial charge in [-0.1, -0.05) is 53.6 Å². The summed E-state index contributed by atoms with van der Waals surface area (Å²) in [4.78, 5) is 54.2. The molecule has 0 unspecified atom stereocenters. The molecular formula is C25H32BrN3O4. The third-order valence-corrected chi connectivity index (χ3v) is 6.94. The molecule has 3 rings (SSSR count). The first-order valence-electron chi connectivity index (χ1n) is 11.6. The van der Waals surface area contributed by atoms with Crippen molar-refractivity contribution in [2.45, 2.75) is 58.5 Å². The first-order chi connectivity index (χ1) is 15.8. The van der Waals surface area contributed by atoms with E-state index in [-0.39, 0.29) is 55.0 Å². The van der Waals surface area contributed by atoms with Gasteiger partial charge < -0.3 is 10.2 Å². The molecule has 1 N–H and O–H groups in total. The Labute approximate surface area is 203 Å². The zero-order valence-electron chi connectivity index (χ0n) is 19.3. The Morgan fingerprint density at radius 1 is 1.12 bits per heavy atom. The number of likely N-dealkylation sites (tertiary alicyclic amines) is 1. The topological polar surface area (TPSA) is 86.8 Å². The molecule has 4 amide bonds. The third kappa shape index (κ3) is 6.10. The number of fused-ring (bicyclic) bond motifs is 1. The Hall–Kier alpha value is -2.48. The second kappa shape index (κ2) is 11.6. The molecule has 178 valence electrons. The lowest BCUT2D eigenvalue weighted by Gasteiger charge is -2.29. The average Bonchev–Trinajstić information content (AvgIpc) is 3.06. The van der Waals surface area contributed by atoms with Crippen molar-refractivity contribution in [3.05, 3.63) is 46.5 Å². The van der Waals surface area contributed by atoms with Gasteiger partial charge in [-0.25, -0.2) is 0 Å². The molecule has 0 saturated carbocycles. The Balaban J connectivity index is 1.68. The Bertz CT molecular complexity index is 889. The van der Waals surface area contributed by atoms with E-state index >= 15 is 0 Å². The number of amides is 4. The molecule has 8 heteroatoms. The smallest absolute Gasteiger partial charge is 0.242 e. The summed E-state index contributed by atoms with van der Waals surface area (Å²) >= 11 is 3.41. The molecular weight excluding hydrogens is 486 g/mol. The summed E-state index contributed by atoms with van der Waals surface area (Å²) in [5.74, 6) is -1.46. The summed E-state index contributed by atoms with van der Waals surface area (Å²) in [6.45, 7) is 4.64. The molecule has 1 aliphatic heterocycles. The van der Waals surface area contributed by atoms with Crippen molar-refractivity contribution in [1.29, 1.82) is 0 Å². The molecule has 1 saturated heterocycles. The second-order valence-corrected chi connectivity index (χ2v) is 9.62. The average molecular weight is 518 g/mol. The zero-order valence-corrected chi connectivity index (χ0v) is 20.8. The van der Waals surface area contributed by atoms with Crippen LogP contribution in [0, 0.1) is 11.8 Å². The minimum Gasteiger partial charge on any atom is -0.354 e. The van der Waals surface area contributed by atoms with Gasteiger partial charge in [-0.15, -0.1) is 0 Å². The summed E-state index contributed by atoms with van der Waals surface area (Å²) in [7, 11) is 0. The largest absolute Gasteiger partial charge is 0.354 e. The summed E-state index contributed by atoms with van der Waals surface area (Å²) in [6.07, 6.45) is 6.86. The van der Waals surface area contributed by atoms with E-state index in [1.165, 1.54) is 9.80 Å². The molecule has 0 spiro atoms. The molecule has 33 heavy (non-hydrogen) atoms. The van der Waals surface area contributed by atoms with E-state index in [1.807, 2.05) is 43.3 Å². The SMILES string of the molecule is CCCCNC(=O)[C@H](C)N(Cc1ccc(Br)cc1)C(=O)CCN1C(=O)[C@H]2CC=CC[C@H]2C1=O. The number of hydrogen-bond acceptors (Lipinski definition) is 4. The number of carbonyl (C=O) groups is 4. The van der Waals surface area contributed by atoms with E-state index in [0.29, 0.717) is 19.4 Å². The predicted octanol–water partition coefficient (Wildman–Crippen LogP) is 3.42. The number of nitrogens with zero attached hydrogens (tertiary/aromatic N) is 2. The van der Waals surface area contributed by atoms with Gasteiger partial charge in [0, 0.05) is 30.5 Å². The number of rotatable bonds is 10. The number of unbranched alkanes of at least 4 members (excludes halogenated alkanes) is 1. The van der Waals surface area contributed by atoms with Gasteiger partial charge in [-0.2, -0.15) is 0 Å². The predicted molar refractivity (Wildman–Crippen MR) is 129 cm³/mol. The van der Waals surface area contributed by atoms with Gasteiger partial charge >= 0.3 is 0 Å². The Morgan fingerprint density at radius 3 is 2.30 bits per heavy atom. The number of carbonyl (C=O) groups excluding carboxylic acids is 4. The lowest BCUT2D eigenvalue weighted by Crippen LogP contribution is -2.48. The molecule has 0 radical (unpaired) electrons. The summed E-state index contributed by atoms with van der Waals surface area (Å²) in [5.41, 5.74) is 0.894. The van der Waals surface area contributed by atoms with Crippen molar-refractivity contribution >= 4 is 39.6 Å². The minimum absolute atomic E-state index is 0.00649. The van der Waals surface area contributed by atoms with Crippen molar-refractivity contribution in [3.8, 4) is 0 Å². The summed E-state index contributed by atoms with van der Waals surface area (Å²) in [6, 6.07) is 6.91. The van der Waals surface area contributed by atoms with Gasteiger partial charge in [-0.05, 0) is 43.9 Å². The van der Waals surface area contributed by atoms with Gasteiger partial charge in [-0.3, -0.25) is 24.1 Å². The first-order valence-corrected chi connectivity index (χ1v) is 12.4. The van der Waals surface area contributed by atoms with E-state index in [2.05, 4.69) is 21.2 Å². The molecule has 7 nitrogen and oxygen atoms in total. The van der Waals surface area contributed by atoms with Gasteiger partial charge in [0.2, 0.25) is 23.6 Å². The second-order valence-electron chi connectivity index (χ2n) is 8.70. The maximum absolute atomic E-state index is 13.2. The van der Waals surface area contributed by atoms with E-state index < -0.39 is 6.04 Å². The highest BCUT2D eigenvalue weighted by Gasteiger charge is 2.47. The van der Waals surface area contributed by atoms with Crippen molar-refractivity contribution in [1.82, 2.24) is 15.1 Å². The molecule has 1 aliphatic carbocycles. The number of benzene rings is 1. The number of allylic oxidation sites excluding steroid dienone is 2. The third-order valence-electron chi connectivity index (χ3n) is 6.41. The number of nitrogens with one attached hydrogen (secondary N) is 1. The molecule has 1 aromatic rings. The van der Waals surface area contributed by atoms with Crippen molar-refractivity contribution in [2.24, 2.45) is 11.8 Å². The van der Waals surface area contributed by atoms with Crippen molar-refractivity contribution < 1.29 is 19.2 Å². The van der Waals surface area contributed by atoms with Crippen LogP contribution in [-0.4, -0.2) is 52.6 Å². The lowest BCUT2D eigenvalue weighted by molar-refractivity contribution is -0.143. The molecule has 1 fully saturated rings. The highest BCUT2D eigenvalue weighted by molar-refractivity contribution is 9.10. The molecule has 1 heterocycles. The van der Waals surface area contributed by atoms with E-state index in [9.17, 15) is 19.2 Å². The van der Waals surface area contributed by atoms with Crippen LogP contribution in [0.5, 0.6) is 0 Å². The maximum Gasteiger partial charge on any atom is 0.242 e. The van der Waals surface area contributed by atoms with Crippen LogP contribution >= 0.6 is 15.9 Å². The summed E-state index contributed by atoms with van der Waals surface area (Å²) in [5, 5.41) is 2.89. The highest BCUT2D eigenvalue weighted by atomic mass is 79.9. The maximum atomic E-state index is 13.2.